The van der Waals surface area contributed by atoms with E-state index in [-0.39, 0.29) is 0 Å². The van der Waals surface area contributed by atoms with E-state index in [9.17, 15) is 0 Å². The molecule has 0 aliphatic carbocycles. The van der Waals surface area contributed by atoms with Crippen LogP contribution in [0.25, 0.3) is 0 Å². The van der Waals surface area contributed by atoms with Gasteiger partial charge in [-0.3, -0.25) is 4.90 Å². The van der Waals surface area contributed by atoms with Crippen molar-refractivity contribution in [3.63, 3.8) is 0 Å². The van der Waals surface area contributed by atoms with Crippen LogP contribution in [0.5, 0.6) is 5.75 Å². The van der Waals surface area contributed by atoms with Gasteiger partial charge < -0.3 is 10.1 Å². The minimum absolute atomic E-state index is 0.537. The molecule has 1 aromatic rings. The molecule has 3 nitrogen and oxygen atoms in total. The van der Waals surface area contributed by atoms with Crippen molar-refractivity contribution >= 4 is 5.69 Å². The van der Waals surface area contributed by atoms with Gasteiger partial charge in [-0.2, -0.15) is 0 Å². The second-order valence-electron chi connectivity index (χ2n) is 5.49. The third kappa shape index (κ3) is 2.07. The Hall–Kier alpha value is -1.22. The molecule has 0 aromatic heterocycles. The van der Waals surface area contributed by atoms with Gasteiger partial charge in [0.05, 0.1) is 7.11 Å². The number of ether oxygens (including phenoxy) is 1. The maximum absolute atomic E-state index is 5.32. The molecular weight excluding hydrogens is 224 g/mol. The number of fused-ring (bicyclic) bond motifs is 1. The van der Waals surface area contributed by atoms with Gasteiger partial charge in [-0.25, -0.2) is 0 Å². The van der Waals surface area contributed by atoms with Crippen molar-refractivity contribution in [2.75, 3.05) is 25.5 Å². The molecule has 1 aromatic carbocycles. The lowest BCUT2D eigenvalue weighted by atomic mass is 9.92. The normalized spacial score (nSPS) is 27.7. The Labute approximate surface area is 109 Å². The fourth-order valence-electron chi connectivity index (χ4n) is 3.26. The first kappa shape index (κ1) is 11.8. The molecule has 2 aliphatic heterocycles. The van der Waals surface area contributed by atoms with Crippen LogP contribution in [-0.2, 0) is 0 Å². The van der Waals surface area contributed by atoms with Crippen molar-refractivity contribution in [2.24, 2.45) is 0 Å². The highest BCUT2D eigenvalue weighted by Crippen LogP contribution is 2.39. The van der Waals surface area contributed by atoms with E-state index in [1.54, 1.807) is 7.11 Å². The Morgan fingerprint density at radius 3 is 2.78 bits per heavy atom. The smallest absolute Gasteiger partial charge is 0.120 e. The van der Waals surface area contributed by atoms with Gasteiger partial charge in [0.15, 0.2) is 0 Å². The Kier molecular flexibility index (Phi) is 3.16. The maximum atomic E-state index is 5.32. The molecule has 0 amide bonds. The van der Waals surface area contributed by atoms with Crippen LogP contribution in [0.3, 0.4) is 0 Å². The lowest BCUT2D eigenvalue weighted by Gasteiger charge is -2.37. The molecule has 3 heteroatoms. The zero-order valence-corrected chi connectivity index (χ0v) is 11.3. The number of nitrogens with one attached hydrogen (secondary N) is 1. The minimum atomic E-state index is 0.537. The largest absolute Gasteiger partial charge is 0.497 e. The molecule has 2 heterocycles. The van der Waals surface area contributed by atoms with E-state index >= 15 is 0 Å². The molecule has 2 unspecified atom stereocenters. The number of hydrogen-bond acceptors (Lipinski definition) is 3. The summed E-state index contributed by atoms with van der Waals surface area (Å²) in [5, 5.41) is 3.58. The predicted molar refractivity (Wildman–Crippen MR) is 74.2 cm³/mol. The van der Waals surface area contributed by atoms with Crippen LogP contribution < -0.4 is 10.1 Å². The second kappa shape index (κ2) is 4.81. The number of nitrogens with zero attached hydrogens (tertiary/aromatic N) is 1. The molecule has 2 aliphatic rings. The van der Waals surface area contributed by atoms with Crippen molar-refractivity contribution in [1.82, 2.24) is 4.90 Å². The number of benzene rings is 1. The van der Waals surface area contributed by atoms with Crippen molar-refractivity contribution in [1.29, 1.82) is 0 Å². The highest BCUT2D eigenvalue weighted by Gasteiger charge is 2.30. The highest BCUT2D eigenvalue weighted by molar-refractivity contribution is 5.58. The van der Waals surface area contributed by atoms with E-state index in [2.05, 4.69) is 35.3 Å². The minimum Gasteiger partial charge on any atom is -0.497 e. The molecule has 0 bridgehead atoms. The van der Waals surface area contributed by atoms with Crippen LogP contribution in [-0.4, -0.2) is 31.1 Å². The van der Waals surface area contributed by atoms with Gasteiger partial charge in [0, 0.05) is 23.8 Å². The topological polar surface area (TPSA) is 24.5 Å². The van der Waals surface area contributed by atoms with Gasteiger partial charge >= 0.3 is 0 Å². The Morgan fingerprint density at radius 1 is 1.28 bits per heavy atom. The average Bonchev–Trinajstić information content (AvgIpc) is 2.90. The Balaban J connectivity index is 1.93. The molecule has 18 heavy (non-hydrogen) atoms. The highest BCUT2D eigenvalue weighted by atomic mass is 16.5. The summed E-state index contributed by atoms with van der Waals surface area (Å²) in [6.07, 6.45) is 3.91. The number of likely N-dealkylation sites (tertiary alicyclic amines) is 1. The SMILES string of the molecule is COc1ccc2c(c1)NC(C)CC2N1CCCC1. The molecule has 0 spiro atoms. The quantitative estimate of drug-likeness (QED) is 0.868. The molecule has 1 N–H and O–H groups in total. The van der Waals surface area contributed by atoms with Crippen LogP contribution in [0.2, 0.25) is 0 Å². The predicted octanol–water partition coefficient (Wildman–Crippen LogP) is 3.04. The first-order chi connectivity index (χ1) is 8.78. The molecule has 1 saturated heterocycles. The van der Waals surface area contributed by atoms with E-state index in [1.165, 1.54) is 43.6 Å². The Bertz CT molecular complexity index is 427. The fraction of sp³-hybridized carbons (Fsp3) is 0.600. The summed E-state index contributed by atoms with van der Waals surface area (Å²) in [5.41, 5.74) is 2.70. The van der Waals surface area contributed by atoms with Crippen LogP contribution in [0, 0.1) is 0 Å². The van der Waals surface area contributed by atoms with Gasteiger partial charge in [-0.1, -0.05) is 6.07 Å². The zero-order chi connectivity index (χ0) is 12.5. The van der Waals surface area contributed by atoms with Crippen molar-refractivity contribution in [2.45, 2.75) is 38.3 Å². The summed E-state index contributed by atoms with van der Waals surface area (Å²) in [6, 6.07) is 7.57. The molecule has 3 rings (SSSR count). The van der Waals surface area contributed by atoms with Crippen molar-refractivity contribution in [3.8, 4) is 5.75 Å². The first-order valence-electron chi connectivity index (χ1n) is 6.96. The number of hydrogen-bond donors (Lipinski definition) is 1. The third-order valence-corrected chi connectivity index (χ3v) is 4.18. The third-order valence-electron chi connectivity index (χ3n) is 4.18. The zero-order valence-electron chi connectivity index (χ0n) is 11.3. The molecule has 2 atom stereocenters. The fourth-order valence-corrected chi connectivity index (χ4v) is 3.26. The van der Waals surface area contributed by atoms with Gasteiger partial charge in [0.2, 0.25) is 0 Å². The van der Waals surface area contributed by atoms with Gasteiger partial charge in [-0.15, -0.1) is 0 Å². The van der Waals surface area contributed by atoms with Crippen molar-refractivity contribution in [3.05, 3.63) is 23.8 Å². The summed E-state index contributed by atoms with van der Waals surface area (Å²) >= 11 is 0. The summed E-state index contributed by atoms with van der Waals surface area (Å²) in [6.45, 7) is 4.77. The lowest BCUT2D eigenvalue weighted by Crippen LogP contribution is -2.34. The van der Waals surface area contributed by atoms with Gasteiger partial charge in [0.25, 0.3) is 0 Å². The molecule has 1 fully saturated rings. The van der Waals surface area contributed by atoms with E-state index in [0.717, 1.165) is 5.75 Å². The second-order valence-corrected chi connectivity index (χ2v) is 5.49. The van der Waals surface area contributed by atoms with E-state index in [0.29, 0.717) is 12.1 Å². The van der Waals surface area contributed by atoms with Crippen LogP contribution in [0.15, 0.2) is 18.2 Å². The van der Waals surface area contributed by atoms with Gasteiger partial charge in [0.1, 0.15) is 5.75 Å². The molecule has 0 saturated carbocycles. The Morgan fingerprint density at radius 2 is 2.06 bits per heavy atom. The summed E-state index contributed by atoms with van der Waals surface area (Å²) in [7, 11) is 1.73. The van der Waals surface area contributed by atoms with E-state index in [4.69, 9.17) is 4.74 Å². The number of methoxy groups -OCH3 is 1. The molecule has 0 radical (unpaired) electrons. The molecule has 98 valence electrons. The van der Waals surface area contributed by atoms with Crippen molar-refractivity contribution < 1.29 is 4.74 Å². The summed E-state index contributed by atoms with van der Waals surface area (Å²) in [4.78, 5) is 2.64. The number of anilines is 1. The molecular formula is C15H22N2O. The number of rotatable bonds is 2. The first-order valence-corrected chi connectivity index (χ1v) is 6.96. The van der Waals surface area contributed by atoms with Crippen LogP contribution in [0.4, 0.5) is 5.69 Å². The van der Waals surface area contributed by atoms with Crippen LogP contribution >= 0.6 is 0 Å². The van der Waals surface area contributed by atoms with E-state index < -0.39 is 0 Å². The van der Waals surface area contributed by atoms with Crippen LogP contribution in [0.1, 0.15) is 37.8 Å². The summed E-state index contributed by atoms with van der Waals surface area (Å²) in [5.74, 6) is 0.940. The maximum Gasteiger partial charge on any atom is 0.120 e. The van der Waals surface area contributed by atoms with E-state index in [1.807, 2.05) is 0 Å². The monoisotopic (exact) mass is 246 g/mol. The summed E-state index contributed by atoms with van der Waals surface area (Å²) < 4.78 is 5.32. The van der Waals surface area contributed by atoms with Gasteiger partial charge in [-0.05, 0) is 50.9 Å². The standard InChI is InChI=1S/C15H22N2O/c1-11-9-15(17-7-3-4-8-17)13-6-5-12(18-2)10-14(13)16-11/h5-6,10-11,15-16H,3-4,7-9H2,1-2H3. The lowest BCUT2D eigenvalue weighted by molar-refractivity contribution is 0.223. The average molecular weight is 246 g/mol.